The van der Waals surface area contributed by atoms with E-state index in [0.717, 1.165) is 19.7 Å². The fraction of sp³-hybridized carbons (Fsp3) is 0.538. The van der Waals surface area contributed by atoms with Crippen LogP contribution < -0.4 is 5.32 Å². The highest BCUT2D eigenvalue weighted by molar-refractivity contribution is 7.98. The lowest BCUT2D eigenvalue weighted by atomic mass is 10.2. The van der Waals surface area contributed by atoms with Gasteiger partial charge in [0.2, 0.25) is 0 Å². The first-order valence-corrected chi connectivity index (χ1v) is 7.06. The zero-order valence-corrected chi connectivity index (χ0v) is 10.6. The van der Waals surface area contributed by atoms with E-state index < -0.39 is 0 Å². The molecule has 0 spiro atoms. The Bertz CT molecular complexity index is 306. The molecule has 16 heavy (non-hydrogen) atoms. The van der Waals surface area contributed by atoms with Crippen molar-refractivity contribution in [3.05, 3.63) is 29.8 Å². The van der Waals surface area contributed by atoms with Crippen LogP contribution in [-0.4, -0.2) is 25.5 Å². The SMILES string of the molecule is CSc1ccc(CNC[C@H]2CCCO2)cc1. The van der Waals surface area contributed by atoms with Gasteiger partial charge in [0.05, 0.1) is 6.10 Å². The number of benzene rings is 1. The summed E-state index contributed by atoms with van der Waals surface area (Å²) in [5.74, 6) is 0. The van der Waals surface area contributed by atoms with E-state index >= 15 is 0 Å². The lowest BCUT2D eigenvalue weighted by Crippen LogP contribution is -2.25. The third-order valence-electron chi connectivity index (χ3n) is 2.88. The minimum Gasteiger partial charge on any atom is -0.377 e. The monoisotopic (exact) mass is 237 g/mol. The lowest BCUT2D eigenvalue weighted by Gasteiger charge is -2.10. The van der Waals surface area contributed by atoms with Crippen molar-refractivity contribution in [2.45, 2.75) is 30.4 Å². The van der Waals surface area contributed by atoms with E-state index in [2.05, 4.69) is 35.8 Å². The van der Waals surface area contributed by atoms with E-state index in [0.29, 0.717) is 6.10 Å². The normalized spacial score (nSPS) is 20.2. The molecule has 1 N–H and O–H groups in total. The summed E-state index contributed by atoms with van der Waals surface area (Å²) in [6.45, 7) is 2.85. The van der Waals surface area contributed by atoms with Gasteiger partial charge in [0, 0.05) is 24.6 Å². The molecule has 1 atom stereocenters. The number of rotatable bonds is 5. The van der Waals surface area contributed by atoms with E-state index in [1.165, 1.54) is 23.3 Å². The van der Waals surface area contributed by atoms with Crippen molar-refractivity contribution in [2.75, 3.05) is 19.4 Å². The molecule has 1 aliphatic rings. The minimum atomic E-state index is 0.436. The van der Waals surface area contributed by atoms with Gasteiger partial charge in [-0.05, 0) is 36.8 Å². The number of ether oxygens (including phenoxy) is 1. The molecular weight excluding hydrogens is 218 g/mol. The van der Waals surface area contributed by atoms with Crippen molar-refractivity contribution in [3.63, 3.8) is 0 Å². The van der Waals surface area contributed by atoms with Crippen LogP contribution in [0.15, 0.2) is 29.2 Å². The first-order valence-electron chi connectivity index (χ1n) is 5.84. The molecule has 0 radical (unpaired) electrons. The van der Waals surface area contributed by atoms with E-state index in [9.17, 15) is 0 Å². The Hall–Kier alpha value is -0.510. The Kier molecular flexibility index (Phi) is 4.69. The third kappa shape index (κ3) is 3.51. The molecule has 2 nitrogen and oxygen atoms in total. The number of nitrogens with one attached hydrogen (secondary N) is 1. The van der Waals surface area contributed by atoms with Crippen LogP contribution in [-0.2, 0) is 11.3 Å². The van der Waals surface area contributed by atoms with Crippen molar-refractivity contribution in [1.29, 1.82) is 0 Å². The molecule has 2 rings (SSSR count). The van der Waals surface area contributed by atoms with Crippen LogP contribution in [0.5, 0.6) is 0 Å². The van der Waals surface area contributed by atoms with E-state index in [4.69, 9.17) is 4.74 Å². The number of hydrogen-bond donors (Lipinski definition) is 1. The van der Waals surface area contributed by atoms with Crippen LogP contribution in [0, 0.1) is 0 Å². The standard InChI is InChI=1S/C13H19NOS/c1-16-13-6-4-11(5-7-13)9-14-10-12-3-2-8-15-12/h4-7,12,14H,2-3,8-10H2,1H3/t12-/m1/s1. The summed E-state index contributed by atoms with van der Waals surface area (Å²) in [6, 6.07) is 8.73. The van der Waals surface area contributed by atoms with Gasteiger partial charge in [0.15, 0.2) is 0 Å². The second kappa shape index (κ2) is 6.28. The Balaban J connectivity index is 1.71. The summed E-state index contributed by atoms with van der Waals surface area (Å²) >= 11 is 1.78. The molecule has 1 heterocycles. The van der Waals surface area contributed by atoms with Crippen molar-refractivity contribution in [2.24, 2.45) is 0 Å². The second-order valence-corrected chi connectivity index (χ2v) is 4.99. The van der Waals surface area contributed by atoms with Gasteiger partial charge >= 0.3 is 0 Å². The molecule has 0 saturated carbocycles. The summed E-state index contributed by atoms with van der Waals surface area (Å²) in [7, 11) is 0. The van der Waals surface area contributed by atoms with Crippen molar-refractivity contribution >= 4 is 11.8 Å². The molecule has 1 aromatic carbocycles. The molecule has 3 heteroatoms. The Morgan fingerprint density at radius 1 is 1.38 bits per heavy atom. The van der Waals surface area contributed by atoms with Crippen molar-refractivity contribution in [3.8, 4) is 0 Å². The largest absolute Gasteiger partial charge is 0.377 e. The molecule has 1 fully saturated rings. The Labute approximate surface area is 102 Å². The van der Waals surface area contributed by atoms with Crippen LogP contribution in [0.3, 0.4) is 0 Å². The highest BCUT2D eigenvalue weighted by Crippen LogP contribution is 2.15. The Morgan fingerprint density at radius 2 is 2.19 bits per heavy atom. The van der Waals surface area contributed by atoms with Gasteiger partial charge in [-0.25, -0.2) is 0 Å². The van der Waals surface area contributed by atoms with Crippen LogP contribution in [0.2, 0.25) is 0 Å². The molecule has 0 amide bonds. The van der Waals surface area contributed by atoms with Gasteiger partial charge in [-0.2, -0.15) is 0 Å². The quantitative estimate of drug-likeness (QED) is 0.796. The Morgan fingerprint density at radius 3 is 2.81 bits per heavy atom. The maximum Gasteiger partial charge on any atom is 0.0700 e. The van der Waals surface area contributed by atoms with Crippen LogP contribution in [0.4, 0.5) is 0 Å². The highest BCUT2D eigenvalue weighted by Gasteiger charge is 2.14. The van der Waals surface area contributed by atoms with E-state index in [-0.39, 0.29) is 0 Å². The summed E-state index contributed by atoms with van der Waals surface area (Å²) in [6.07, 6.45) is 4.96. The number of hydrogen-bond acceptors (Lipinski definition) is 3. The molecule has 0 unspecified atom stereocenters. The molecular formula is C13H19NOS. The van der Waals surface area contributed by atoms with Crippen molar-refractivity contribution in [1.82, 2.24) is 5.32 Å². The molecule has 1 saturated heterocycles. The first kappa shape index (κ1) is 12.0. The average Bonchev–Trinajstić information content (AvgIpc) is 2.83. The van der Waals surface area contributed by atoms with E-state index in [1.54, 1.807) is 11.8 Å². The lowest BCUT2D eigenvalue weighted by molar-refractivity contribution is 0.110. The molecule has 1 aromatic rings. The highest BCUT2D eigenvalue weighted by atomic mass is 32.2. The van der Waals surface area contributed by atoms with Crippen LogP contribution in [0.25, 0.3) is 0 Å². The predicted octanol–water partition coefficient (Wildman–Crippen LogP) is 2.68. The fourth-order valence-corrected chi connectivity index (χ4v) is 2.33. The summed E-state index contributed by atoms with van der Waals surface area (Å²) in [5.41, 5.74) is 1.34. The fourth-order valence-electron chi connectivity index (χ4n) is 1.93. The molecule has 1 aliphatic heterocycles. The maximum absolute atomic E-state index is 5.56. The average molecular weight is 237 g/mol. The van der Waals surface area contributed by atoms with Gasteiger partial charge in [-0.3, -0.25) is 0 Å². The van der Waals surface area contributed by atoms with Crippen molar-refractivity contribution < 1.29 is 4.74 Å². The minimum absolute atomic E-state index is 0.436. The van der Waals surface area contributed by atoms with E-state index in [1.807, 2.05) is 0 Å². The number of thioether (sulfide) groups is 1. The maximum atomic E-state index is 5.56. The third-order valence-corrected chi connectivity index (χ3v) is 3.63. The van der Waals surface area contributed by atoms with Gasteiger partial charge in [0.1, 0.15) is 0 Å². The van der Waals surface area contributed by atoms with Gasteiger partial charge in [-0.1, -0.05) is 12.1 Å². The predicted molar refractivity (Wildman–Crippen MR) is 68.9 cm³/mol. The topological polar surface area (TPSA) is 21.3 Å². The van der Waals surface area contributed by atoms with Gasteiger partial charge < -0.3 is 10.1 Å². The second-order valence-electron chi connectivity index (χ2n) is 4.11. The molecule has 0 aromatic heterocycles. The van der Waals surface area contributed by atoms with Gasteiger partial charge in [-0.15, -0.1) is 11.8 Å². The zero-order valence-electron chi connectivity index (χ0n) is 9.74. The zero-order chi connectivity index (χ0) is 11.2. The summed E-state index contributed by atoms with van der Waals surface area (Å²) in [4.78, 5) is 1.32. The summed E-state index contributed by atoms with van der Waals surface area (Å²) < 4.78 is 5.56. The van der Waals surface area contributed by atoms with Crippen LogP contribution >= 0.6 is 11.8 Å². The van der Waals surface area contributed by atoms with Gasteiger partial charge in [0.25, 0.3) is 0 Å². The first-order chi connectivity index (χ1) is 7.88. The molecule has 0 bridgehead atoms. The molecule has 88 valence electrons. The summed E-state index contributed by atoms with van der Waals surface area (Å²) in [5, 5.41) is 3.45. The molecule has 0 aliphatic carbocycles. The van der Waals surface area contributed by atoms with Crippen LogP contribution in [0.1, 0.15) is 18.4 Å². The smallest absolute Gasteiger partial charge is 0.0700 e.